The zero-order chi connectivity index (χ0) is 25.0. The van der Waals surface area contributed by atoms with Crippen LogP contribution in [0.15, 0.2) is 54.1 Å². The van der Waals surface area contributed by atoms with Gasteiger partial charge in [0.25, 0.3) is 11.7 Å². The summed E-state index contributed by atoms with van der Waals surface area (Å²) in [6, 6.07) is 15.0. The van der Waals surface area contributed by atoms with Gasteiger partial charge in [-0.25, -0.2) is 0 Å². The number of ketones is 1. The lowest BCUT2D eigenvalue weighted by Gasteiger charge is -2.28. The summed E-state index contributed by atoms with van der Waals surface area (Å²) < 4.78 is 0. The van der Waals surface area contributed by atoms with Gasteiger partial charge in [0.1, 0.15) is 5.76 Å². The zero-order valence-corrected chi connectivity index (χ0v) is 21.4. The fraction of sp³-hybridized carbons (Fsp3) is 0.448. The summed E-state index contributed by atoms with van der Waals surface area (Å²) in [7, 11) is 0. The summed E-state index contributed by atoms with van der Waals surface area (Å²) in [5.74, 6) is -1.29. The maximum Gasteiger partial charge on any atom is 0.295 e. The molecule has 5 nitrogen and oxygen atoms in total. The number of carbonyl (C=O) groups is 2. The summed E-state index contributed by atoms with van der Waals surface area (Å²) >= 11 is 0. The quantitative estimate of drug-likeness (QED) is 0.328. The van der Waals surface area contributed by atoms with Crippen LogP contribution in [0, 0.1) is 0 Å². The van der Waals surface area contributed by atoms with Crippen LogP contribution < -0.4 is 0 Å². The molecule has 1 fully saturated rings. The minimum Gasteiger partial charge on any atom is -0.507 e. The van der Waals surface area contributed by atoms with Gasteiger partial charge in [-0.2, -0.15) is 0 Å². The number of Topliss-reactive ketones (excluding diaryl/α,β-unsaturated/α-hetero) is 1. The number of benzene rings is 2. The summed E-state index contributed by atoms with van der Waals surface area (Å²) in [6.45, 7) is 15.5. The van der Waals surface area contributed by atoms with E-state index in [0.717, 1.165) is 30.6 Å². The molecule has 0 saturated carbocycles. The van der Waals surface area contributed by atoms with Gasteiger partial charge in [0.2, 0.25) is 0 Å². The Kier molecular flexibility index (Phi) is 7.98. The Morgan fingerprint density at radius 3 is 2.03 bits per heavy atom. The van der Waals surface area contributed by atoms with E-state index in [2.05, 4.69) is 58.6 Å². The van der Waals surface area contributed by atoms with Gasteiger partial charge in [-0.15, -0.1) is 0 Å². The Labute approximate surface area is 204 Å². The third kappa shape index (κ3) is 5.25. The number of likely N-dealkylation sites (tertiary alicyclic amines) is 1. The number of aliphatic hydroxyl groups excluding tert-OH is 1. The first-order valence-electron chi connectivity index (χ1n) is 12.3. The van der Waals surface area contributed by atoms with E-state index in [1.807, 2.05) is 36.4 Å². The van der Waals surface area contributed by atoms with E-state index in [9.17, 15) is 14.7 Å². The topological polar surface area (TPSA) is 60.9 Å². The van der Waals surface area contributed by atoms with E-state index in [1.165, 1.54) is 5.56 Å². The van der Waals surface area contributed by atoms with Crippen LogP contribution in [-0.2, 0) is 21.4 Å². The molecule has 3 rings (SSSR count). The first-order chi connectivity index (χ1) is 16.1. The monoisotopic (exact) mass is 462 g/mol. The Balaban J connectivity index is 2.09. The van der Waals surface area contributed by atoms with E-state index in [-0.39, 0.29) is 16.7 Å². The molecule has 1 N–H and O–H groups in total. The van der Waals surface area contributed by atoms with E-state index in [1.54, 1.807) is 4.90 Å². The van der Waals surface area contributed by atoms with Gasteiger partial charge in [0, 0.05) is 18.7 Å². The molecule has 0 aliphatic carbocycles. The second-order valence-corrected chi connectivity index (χ2v) is 9.94. The number of carbonyl (C=O) groups excluding carboxylic acids is 2. The Morgan fingerprint density at radius 1 is 0.941 bits per heavy atom. The molecule has 1 aliphatic heterocycles. The average molecular weight is 463 g/mol. The number of aliphatic hydroxyl groups is 1. The predicted octanol–water partition coefficient (Wildman–Crippen LogP) is 5.31. The highest BCUT2D eigenvalue weighted by Gasteiger charge is 2.46. The minimum absolute atomic E-state index is 0.00980. The first kappa shape index (κ1) is 25.7. The molecule has 1 aliphatic rings. The number of likely N-dealkylation sites (N-methyl/N-ethyl adjacent to an activating group) is 1. The fourth-order valence-electron chi connectivity index (χ4n) is 4.47. The number of aryl methyl sites for hydroxylation is 1. The maximum absolute atomic E-state index is 13.2. The molecule has 182 valence electrons. The van der Waals surface area contributed by atoms with Crippen molar-refractivity contribution in [1.82, 2.24) is 9.80 Å². The summed E-state index contributed by atoms with van der Waals surface area (Å²) in [6.07, 6.45) is 0.886. The SMILES string of the molecule is CCc1ccc(/C(O)=C2/C(=O)C(=O)N(CCN(CC)CC)C2c2ccc(C(C)(C)C)cc2)cc1. The second kappa shape index (κ2) is 10.6. The molecule has 34 heavy (non-hydrogen) atoms. The van der Waals surface area contributed by atoms with Crippen molar-refractivity contribution in [3.63, 3.8) is 0 Å². The molecule has 0 bridgehead atoms. The van der Waals surface area contributed by atoms with Gasteiger partial charge in [-0.1, -0.05) is 90.1 Å². The van der Waals surface area contributed by atoms with Crippen LogP contribution in [0.4, 0.5) is 0 Å². The second-order valence-electron chi connectivity index (χ2n) is 9.94. The maximum atomic E-state index is 13.2. The predicted molar refractivity (Wildman–Crippen MR) is 138 cm³/mol. The van der Waals surface area contributed by atoms with Crippen LogP contribution in [0.25, 0.3) is 5.76 Å². The lowest BCUT2D eigenvalue weighted by Crippen LogP contribution is -2.38. The van der Waals surface area contributed by atoms with Crippen molar-refractivity contribution in [3.8, 4) is 0 Å². The van der Waals surface area contributed by atoms with Gasteiger partial charge < -0.3 is 14.9 Å². The van der Waals surface area contributed by atoms with Crippen molar-refractivity contribution in [2.45, 2.75) is 59.4 Å². The smallest absolute Gasteiger partial charge is 0.295 e. The van der Waals surface area contributed by atoms with Crippen molar-refractivity contribution in [2.24, 2.45) is 0 Å². The molecular weight excluding hydrogens is 424 g/mol. The molecule has 0 aromatic heterocycles. The molecule has 0 radical (unpaired) electrons. The third-order valence-electron chi connectivity index (χ3n) is 6.82. The number of nitrogens with zero attached hydrogens (tertiary/aromatic N) is 2. The third-order valence-corrected chi connectivity index (χ3v) is 6.82. The van der Waals surface area contributed by atoms with Gasteiger partial charge in [-0.3, -0.25) is 9.59 Å². The summed E-state index contributed by atoms with van der Waals surface area (Å²) in [5, 5.41) is 11.2. The zero-order valence-electron chi connectivity index (χ0n) is 21.4. The van der Waals surface area contributed by atoms with Crippen molar-refractivity contribution in [3.05, 3.63) is 76.4 Å². The molecule has 0 spiro atoms. The molecule has 1 amide bonds. The number of rotatable bonds is 8. The number of hydrogen-bond acceptors (Lipinski definition) is 4. The molecule has 1 saturated heterocycles. The molecule has 5 heteroatoms. The lowest BCUT2D eigenvalue weighted by atomic mass is 9.85. The van der Waals surface area contributed by atoms with Crippen LogP contribution in [-0.4, -0.2) is 52.8 Å². The van der Waals surface area contributed by atoms with Crippen molar-refractivity contribution < 1.29 is 14.7 Å². The molecular formula is C29H38N2O3. The summed E-state index contributed by atoms with van der Waals surface area (Å²) in [5.41, 5.74) is 3.85. The van der Waals surface area contributed by atoms with Crippen LogP contribution in [0.2, 0.25) is 0 Å². The molecule has 1 unspecified atom stereocenters. The Hall–Kier alpha value is -2.92. The van der Waals surface area contributed by atoms with Crippen LogP contribution in [0.1, 0.15) is 69.8 Å². The summed E-state index contributed by atoms with van der Waals surface area (Å²) in [4.78, 5) is 30.2. The Morgan fingerprint density at radius 2 is 1.53 bits per heavy atom. The normalized spacial score (nSPS) is 18.2. The van der Waals surface area contributed by atoms with Crippen molar-refractivity contribution >= 4 is 17.4 Å². The van der Waals surface area contributed by atoms with E-state index < -0.39 is 17.7 Å². The van der Waals surface area contributed by atoms with Gasteiger partial charge in [-0.05, 0) is 41.6 Å². The first-order valence-corrected chi connectivity index (χ1v) is 12.3. The van der Waals surface area contributed by atoms with Crippen LogP contribution in [0.3, 0.4) is 0 Å². The molecule has 2 aromatic carbocycles. The highest BCUT2D eigenvalue weighted by molar-refractivity contribution is 6.46. The van der Waals surface area contributed by atoms with Gasteiger partial charge >= 0.3 is 0 Å². The molecule has 1 atom stereocenters. The van der Waals surface area contributed by atoms with E-state index in [4.69, 9.17) is 0 Å². The number of amides is 1. The lowest BCUT2D eigenvalue weighted by molar-refractivity contribution is -0.140. The molecule has 1 heterocycles. The van der Waals surface area contributed by atoms with Crippen molar-refractivity contribution in [2.75, 3.05) is 26.2 Å². The van der Waals surface area contributed by atoms with E-state index in [0.29, 0.717) is 18.7 Å². The van der Waals surface area contributed by atoms with Crippen molar-refractivity contribution in [1.29, 1.82) is 0 Å². The highest BCUT2D eigenvalue weighted by Crippen LogP contribution is 2.40. The van der Waals surface area contributed by atoms with Crippen LogP contribution in [0.5, 0.6) is 0 Å². The number of hydrogen-bond donors (Lipinski definition) is 1. The van der Waals surface area contributed by atoms with Crippen LogP contribution >= 0.6 is 0 Å². The average Bonchev–Trinajstić information content (AvgIpc) is 3.08. The van der Waals surface area contributed by atoms with E-state index >= 15 is 0 Å². The highest BCUT2D eigenvalue weighted by atomic mass is 16.3. The minimum atomic E-state index is -0.624. The fourth-order valence-corrected chi connectivity index (χ4v) is 4.47. The Bertz CT molecular complexity index is 1040. The van der Waals surface area contributed by atoms with Gasteiger partial charge in [0.05, 0.1) is 11.6 Å². The largest absolute Gasteiger partial charge is 0.507 e. The van der Waals surface area contributed by atoms with Gasteiger partial charge in [0.15, 0.2) is 0 Å². The molecule has 2 aromatic rings. The standard InChI is InChI=1S/C29H38N2O3/c1-7-20-10-12-22(13-11-20)26(32)24-25(21-14-16-23(17-15-21)29(4,5)6)31(28(34)27(24)33)19-18-30(8-2)9-3/h10-17,25,32H,7-9,18-19H2,1-6H3/b26-24-.